The third-order valence-corrected chi connectivity index (χ3v) is 5.91. The summed E-state index contributed by atoms with van der Waals surface area (Å²) < 4.78 is 0. The van der Waals surface area contributed by atoms with Crippen LogP contribution in [0.25, 0.3) is 11.3 Å². The van der Waals surface area contributed by atoms with Crippen molar-refractivity contribution in [3.05, 3.63) is 75.7 Å². The maximum atomic E-state index is 12.5. The fourth-order valence-electron chi connectivity index (χ4n) is 3.48. The Morgan fingerprint density at radius 1 is 1.06 bits per heavy atom. The number of nitro benzene ring substituents is 1. The Hall–Kier alpha value is -3.63. The molecule has 0 unspecified atom stereocenters. The highest BCUT2D eigenvalue weighted by Gasteiger charge is 2.23. The largest absolute Gasteiger partial charge is 0.336 e. The normalized spacial score (nSPS) is 14.2. The van der Waals surface area contributed by atoms with E-state index in [4.69, 9.17) is 0 Å². The number of nitro groups is 1. The van der Waals surface area contributed by atoms with Crippen LogP contribution in [-0.4, -0.2) is 64.2 Å². The Morgan fingerprint density at radius 2 is 1.81 bits per heavy atom. The molecule has 0 atom stereocenters. The molecule has 32 heavy (non-hydrogen) atoms. The van der Waals surface area contributed by atoms with Crippen LogP contribution < -0.4 is 5.32 Å². The number of amides is 2. The minimum atomic E-state index is -0.453. The molecule has 0 bridgehead atoms. The summed E-state index contributed by atoms with van der Waals surface area (Å²) in [5.74, 6) is -0.182. The van der Waals surface area contributed by atoms with Crippen LogP contribution in [-0.2, 0) is 4.79 Å². The van der Waals surface area contributed by atoms with Gasteiger partial charge in [-0.25, -0.2) is 4.98 Å². The van der Waals surface area contributed by atoms with Crippen LogP contribution in [0.5, 0.6) is 0 Å². The van der Waals surface area contributed by atoms with Crippen molar-refractivity contribution in [1.29, 1.82) is 0 Å². The van der Waals surface area contributed by atoms with Gasteiger partial charge in [-0.15, -0.1) is 11.3 Å². The lowest BCUT2D eigenvalue weighted by Crippen LogP contribution is -2.50. The molecule has 0 radical (unpaired) electrons. The van der Waals surface area contributed by atoms with Crippen molar-refractivity contribution in [3.63, 3.8) is 0 Å². The van der Waals surface area contributed by atoms with E-state index in [0.29, 0.717) is 48.1 Å². The average Bonchev–Trinajstić information content (AvgIpc) is 3.28. The summed E-state index contributed by atoms with van der Waals surface area (Å²) in [4.78, 5) is 43.7. The minimum absolute atomic E-state index is 0.00571. The molecule has 4 rings (SSSR count). The minimum Gasteiger partial charge on any atom is -0.336 e. The molecular formula is C22H21N5O4S. The fourth-order valence-corrected chi connectivity index (χ4v) is 4.21. The highest BCUT2D eigenvalue weighted by molar-refractivity contribution is 7.14. The summed E-state index contributed by atoms with van der Waals surface area (Å²) in [5, 5.41) is 15.9. The van der Waals surface area contributed by atoms with E-state index in [9.17, 15) is 19.7 Å². The van der Waals surface area contributed by atoms with E-state index in [1.807, 2.05) is 23.1 Å². The van der Waals surface area contributed by atoms with E-state index < -0.39 is 4.92 Å². The molecular weight excluding hydrogens is 430 g/mol. The number of piperazine rings is 1. The first kappa shape index (κ1) is 21.6. The van der Waals surface area contributed by atoms with E-state index in [0.717, 1.165) is 0 Å². The van der Waals surface area contributed by atoms with Crippen molar-refractivity contribution in [2.75, 3.05) is 38.0 Å². The molecule has 1 aliphatic heterocycles. The van der Waals surface area contributed by atoms with E-state index in [1.165, 1.54) is 23.5 Å². The predicted molar refractivity (Wildman–Crippen MR) is 122 cm³/mol. The van der Waals surface area contributed by atoms with Gasteiger partial charge in [0.05, 0.1) is 17.2 Å². The van der Waals surface area contributed by atoms with Gasteiger partial charge in [-0.1, -0.05) is 30.3 Å². The fraction of sp³-hybridized carbons (Fsp3) is 0.227. The van der Waals surface area contributed by atoms with E-state index >= 15 is 0 Å². The Labute approximate surface area is 188 Å². The number of nitrogens with one attached hydrogen (secondary N) is 1. The van der Waals surface area contributed by atoms with Crippen LogP contribution >= 0.6 is 11.3 Å². The quantitative estimate of drug-likeness (QED) is 0.456. The smallest absolute Gasteiger partial charge is 0.270 e. The zero-order valence-corrected chi connectivity index (χ0v) is 18.0. The van der Waals surface area contributed by atoms with Crippen molar-refractivity contribution in [1.82, 2.24) is 14.8 Å². The van der Waals surface area contributed by atoms with Crippen molar-refractivity contribution < 1.29 is 14.5 Å². The zero-order chi connectivity index (χ0) is 22.5. The van der Waals surface area contributed by atoms with Crippen LogP contribution in [0.3, 0.4) is 0 Å². The van der Waals surface area contributed by atoms with E-state index in [-0.39, 0.29) is 24.0 Å². The Kier molecular flexibility index (Phi) is 6.52. The van der Waals surface area contributed by atoms with Gasteiger partial charge in [-0.05, 0) is 12.1 Å². The van der Waals surface area contributed by atoms with Gasteiger partial charge in [-0.3, -0.25) is 24.6 Å². The van der Waals surface area contributed by atoms with Crippen molar-refractivity contribution in [2.24, 2.45) is 0 Å². The molecule has 2 amide bonds. The van der Waals surface area contributed by atoms with Crippen LogP contribution in [0, 0.1) is 10.1 Å². The molecule has 10 heteroatoms. The van der Waals surface area contributed by atoms with Gasteiger partial charge in [0.1, 0.15) is 0 Å². The Morgan fingerprint density at radius 3 is 2.53 bits per heavy atom. The first-order valence-corrected chi connectivity index (χ1v) is 10.9. The molecule has 1 N–H and O–H groups in total. The number of hydrogen-bond donors (Lipinski definition) is 1. The molecule has 1 aliphatic rings. The first-order chi connectivity index (χ1) is 15.5. The number of rotatable bonds is 6. The number of nitrogens with zero attached hydrogens (tertiary/aromatic N) is 4. The van der Waals surface area contributed by atoms with Gasteiger partial charge < -0.3 is 10.2 Å². The van der Waals surface area contributed by atoms with Gasteiger partial charge in [-0.2, -0.15) is 0 Å². The summed E-state index contributed by atoms with van der Waals surface area (Å²) in [6.45, 7) is 2.56. The highest BCUT2D eigenvalue weighted by Crippen LogP contribution is 2.27. The van der Waals surface area contributed by atoms with Gasteiger partial charge in [0.2, 0.25) is 5.91 Å². The van der Waals surface area contributed by atoms with Gasteiger partial charge >= 0.3 is 0 Å². The number of hydrogen-bond acceptors (Lipinski definition) is 7. The number of aromatic nitrogens is 1. The highest BCUT2D eigenvalue weighted by atomic mass is 32.1. The second-order valence-corrected chi connectivity index (χ2v) is 8.19. The predicted octanol–water partition coefficient (Wildman–Crippen LogP) is 3.11. The number of carbonyl (C=O) groups excluding carboxylic acids is 2. The summed E-state index contributed by atoms with van der Waals surface area (Å²) in [6, 6.07) is 15.4. The van der Waals surface area contributed by atoms with Crippen LogP contribution in [0.2, 0.25) is 0 Å². The number of non-ortho nitro benzene ring substituents is 1. The topological polar surface area (TPSA) is 109 Å². The SMILES string of the molecule is O=C(CN1CCN(C(=O)c2ccccc2)CC1)Nc1nc(-c2cccc([N+](=O)[O-])c2)cs1. The second-order valence-electron chi connectivity index (χ2n) is 7.33. The lowest BCUT2D eigenvalue weighted by molar-refractivity contribution is -0.384. The molecule has 3 aromatic rings. The molecule has 9 nitrogen and oxygen atoms in total. The molecule has 1 saturated heterocycles. The summed E-state index contributed by atoms with van der Waals surface area (Å²) >= 11 is 1.27. The van der Waals surface area contributed by atoms with E-state index in [1.54, 1.807) is 34.5 Å². The van der Waals surface area contributed by atoms with Gasteiger partial charge in [0, 0.05) is 54.8 Å². The molecule has 0 spiro atoms. The van der Waals surface area contributed by atoms with Gasteiger partial charge in [0.25, 0.3) is 11.6 Å². The monoisotopic (exact) mass is 451 g/mol. The summed E-state index contributed by atoms with van der Waals surface area (Å²) in [6.07, 6.45) is 0. The average molecular weight is 452 g/mol. The molecule has 2 aromatic carbocycles. The molecule has 1 aromatic heterocycles. The van der Waals surface area contributed by atoms with Crippen molar-refractivity contribution in [2.45, 2.75) is 0 Å². The van der Waals surface area contributed by atoms with Crippen molar-refractivity contribution in [3.8, 4) is 11.3 Å². The number of thiazole rings is 1. The zero-order valence-electron chi connectivity index (χ0n) is 17.1. The summed E-state index contributed by atoms with van der Waals surface area (Å²) in [5.41, 5.74) is 1.85. The molecule has 0 saturated carbocycles. The molecule has 2 heterocycles. The molecule has 0 aliphatic carbocycles. The maximum Gasteiger partial charge on any atom is 0.270 e. The van der Waals surface area contributed by atoms with Gasteiger partial charge in [0.15, 0.2) is 5.13 Å². The van der Waals surface area contributed by atoms with Crippen LogP contribution in [0.1, 0.15) is 10.4 Å². The molecule has 164 valence electrons. The number of anilines is 1. The first-order valence-electron chi connectivity index (χ1n) is 10.1. The Balaban J connectivity index is 1.28. The third kappa shape index (κ3) is 5.16. The standard InChI is InChI=1S/C22H21N5O4S/c28-20(14-25-9-11-26(12-10-25)21(29)16-5-2-1-3-6-16)24-22-23-19(15-32-22)17-7-4-8-18(13-17)27(30)31/h1-8,13,15H,9-12,14H2,(H,23,24,28). The lowest BCUT2D eigenvalue weighted by atomic mass is 10.1. The Bertz CT molecular complexity index is 1130. The lowest BCUT2D eigenvalue weighted by Gasteiger charge is -2.34. The van der Waals surface area contributed by atoms with Crippen molar-refractivity contribution >= 4 is 34.0 Å². The van der Waals surface area contributed by atoms with E-state index in [2.05, 4.69) is 10.3 Å². The van der Waals surface area contributed by atoms with Crippen LogP contribution in [0.4, 0.5) is 10.8 Å². The summed E-state index contributed by atoms with van der Waals surface area (Å²) in [7, 11) is 0. The third-order valence-electron chi connectivity index (χ3n) is 5.15. The maximum absolute atomic E-state index is 12.5. The molecule has 1 fully saturated rings. The second kappa shape index (κ2) is 9.67. The number of carbonyl (C=O) groups is 2. The van der Waals surface area contributed by atoms with Crippen LogP contribution in [0.15, 0.2) is 60.0 Å². The number of benzene rings is 2.